The van der Waals surface area contributed by atoms with Crippen molar-refractivity contribution in [2.24, 2.45) is 5.92 Å². The molecule has 1 aliphatic heterocycles. The second-order valence-electron chi connectivity index (χ2n) is 2.99. The van der Waals surface area contributed by atoms with E-state index in [1.807, 2.05) is 13.8 Å². The molecular formula is C9H20O4. The SMILES string of the molecule is CC.C[C@@H]1C(O)C[C@@H](CO)OC1O. The first-order valence-corrected chi connectivity index (χ1v) is 4.77. The molecule has 0 aliphatic carbocycles. The van der Waals surface area contributed by atoms with Crippen LogP contribution in [0.3, 0.4) is 0 Å². The molecule has 0 radical (unpaired) electrons. The average Bonchev–Trinajstić information content (AvgIpc) is 2.16. The molecule has 13 heavy (non-hydrogen) atoms. The standard InChI is InChI=1S/C7H14O4.C2H6/c1-4-6(9)2-5(3-8)11-7(4)10;1-2/h4-10H,2-3H2,1H3;1-2H3/t4-,5+,6?,7?;/m1./s1. The van der Waals surface area contributed by atoms with Crippen LogP contribution in [0.25, 0.3) is 0 Å². The van der Waals surface area contributed by atoms with Crippen molar-refractivity contribution in [2.45, 2.75) is 45.7 Å². The van der Waals surface area contributed by atoms with Gasteiger partial charge in [-0.2, -0.15) is 0 Å². The third-order valence-corrected chi connectivity index (χ3v) is 2.10. The smallest absolute Gasteiger partial charge is 0.160 e. The van der Waals surface area contributed by atoms with Crippen LogP contribution < -0.4 is 0 Å². The van der Waals surface area contributed by atoms with Gasteiger partial charge in [-0.15, -0.1) is 0 Å². The Bertz CT molecular complexity index is 117. The fourth-order valence-electron chi connectivity index (χ4n) is 1.17. The zero-order valence-corrected chi connectivity index (χ0v) is 8.47. The molecule has 4 heteroatoms. The Morgan fingerprint density at radius 1 is 1.31 bits per heavy atom. The van der Waals surface area contributed by atoms with E-state index in [-0.39, 0.29) is 12.5 Å². The van der Waals surface area contributed by atoms with Gasteiger partial charge in [0.1, 0.15) is 0 Å². The number of rotatable bonds is 1. The lowest BCUT2D eigenvalue weighted by atomic mass is 9.95. The quantitative estimate of drug-likeness (QED) is 0.551. The van der Waals surface area contributed by atoms with Crippen LogP contribution in [0.5, 0.6) is 0 Å². The minimum atomic E-state index is -0.948. The van der Waals surface area contributed by atoms with E-state index in [0.29, 0.717) is 6.42 Å². The summed E-state index contributed by atoms with van der Waals surface area (Å²) in [6, 6.07) is 0. The summed E-state index contributed by atoms with van der Waals surface area (Å²) in [7, 11) is 0. The second kappa shape index (κ2) is 6.32. The summed E-state index contributed by atoms with van der Waals surface area (Å²) in [6.45, 7) is 5.56. The zero-order valence-electron chi connectivity index (χ0n) is 8.47. The van der Waals surface area contributed by atoms with E-state index in [2.05, 4.69) is 0 Å². The van der Waals surface area contributed by atoms with Gasteiger partial charge in [-0.05, 0) is 0 Å². The highest BCUT2D eigenvalue weighted by atomic mass is 16.6. The lowest BCUT2D eigenvalue weighted by Gasteiger charge is -2.34. The molecule has 0 amide bonds. The van der Waals surface area contributed by atoms with Gasteiger partial charge in [0.25, 0.3) is 0 Å². The van der Waals surface area contributed by atoms with Crippen molar-refractivity contribution in [2.75, 3.05) is 6.61 Å². The minimum Gasteiger partial charge on any atom is -0.394 e. The van der Waals surface area contributed by atoms with Crippen molar-refractivity contribution in [3.63, 3.8) is 0 Å². The third kappa shape index (κ3) is 3.60. The number of aliphatic hydroxyl groups excluding tert-OH is 3. The lowest BCUT2D eigenvalue weighted by molar-refractivity contribution is -0.226. The van der Waals surface area contributed by atoms with Gasteiger partial charge in [0.2, 0.25) is 0 Å². The first-order valence-electron chi connectivity index (χ1n) is 4.77. The van der Waals surface area contributed by atoms with E-state index in [1.54, 1.807) is 6.92 Å². The summed E-state index contributed by atoms with van der Waals surface area (Å²) in [6.07, 6.45) is -1.54. The fraction of sp³-hybridized carbons (Fsp3) is 1.00. The van der Waals surface area contributed by atoms with Crippen LogP contribution in [0.1, 0.15) is 27.2 Å². The molecule has 0 saturated carbocycles. The highest BCUT2D eigenvalue weighted by Crippen LogP contribution is 2.23. The van der Waals surface area contributed by atoms with Gasteiger partial charge in [-0.3, -0.25) is 0 Å². The highest BCUT2D eigenvalue weighted by Gasteiger charge is 2.33. The largest absolute Gasteiger partial charge is 0.394 e. The predicted molar refractivity (Wildman–Crippen MR) is 49.1 cm³/mol. The van der Waals surface area contributed by atoms with Crippen LogP contribution in [0.4, 0.5) is 0 Å². The number of aliphatic hydroxyl groups is 3. The van der Waals surface area contributed by atoms with Crippen molar-refractivity contribution in [1.29, 1.82) is 0 Å². The van der Waals surface area contributed by atoms with Gasteiger partial charge in [0.15, 0.2) is 6.29 Å². The Labute approximate surface area is 79.2 Å². The van der Waals surface area contributed by atoms with Crippen LogP contribution >= 0.6 is 0 Å². The Kier molecular flexibility index (Phi) is 6.24. The molecule has 1 saturated heterocycles. The molecule has 4 atom stereocenters. The maximum Gasteiger partial charge on any atom is 0.160 e. The maximum atomic E-state index is 9.30. The van der Waals surface area contributed by atoms with Crippen LogP contribution in [0.2, 0.25) is 0 Å². The van der Waals surface area contributed by atoms with Crippen molar-refractivity contribution < 1.29 is 20.1 Å². The summed E-state index contributed by atoms with van der Waals surface area (Å²) in [5.41, 5.74) is 0. The molecule has 1 aliphatic rings. The molecule has 80 valence electrons. The summed E-state index contributed by atoms with van der Waals surface area (Å²) in [5.74, 6) is -0.266. The predicted octanol–water partition coefficient (Wildman–Crippen LogP) is 0.109. The molecule has 1 rings (SSSR count). The van der Waals surface area contributed by atoms with Gasteiger partial charge in [-0.25, -0.2) is 0 Å². The van der Waals surface area contributed by atoms with E-state index < -0.39 is 18.5 Å². The summed E-state index contributed by atoms with van der Waals surface area (Å²) in [5, 5.41) is 27.1. The van der Waals surface area contributed by atoms with Crippen molar-refractivity contribution in [3.8, 4) is 0 Å². The molecule has 1 fully saturated rings. The minimum absolute atomic E-state index is 0.152. The molecule has 3 N–H and O–H groups in total. The second-order valence-corrected chi connectivity index (χ2v) is 2.99. The van der Waals surface area contributed by atoms with Gasteiger partial charge in [0, 0.05) is 12.3 Å². The number of hydrogen-bond acceptors (Lipinski definition) is 4. The fourth-order valence-corrected chi connectivity index (χ4v) is 1.17. The van der Waals surface area contributed by atoms with E-state index >= 15 is 0 Å². The lowest BCUT2D eigenvalue weighted by Crippen LogP contribution is -2.43. The molecule has 0 aromatic rings. The van der Waals surface area contributed by atoms with E-state index in [0.717, 1.165) is 0 Å². The molecule has 4 nitrogen and oxygen atoms in total. The summed E-state index contributed by atoms with van der Waals surface area (Å²) >= 11 is 0. The summed E-state index contributed by atoms with van der Waals surface area (Å²) < 4.78 is 4.96. The van der Waals surface area contributed by atoms with Crippen LogP contribution in [0.15, 0.2) is 0 Å². The Morgan fingerprint density at radius 2 is 1.85 bits per heavy atom. The van der Waals surface area contributed by atoms with Crippen LogP contribution in [-0.4, -0.2) is 40.4 Å². The van der Waals surface area contributed by atoms with Crippen LogP contribution in [0, 0.1) is 5.92 Å². The maximum absolute atomic E-state index is 9.30. The first kappa shape index (κ1) is 12.8. The van der Waals surface area contributed by atoms with Crippen LogP contribution in [-0.2, 0) is 4.74 Å². The number of ether oxygens (including phenoxy) is 1. The highest BCUT2D eigenvalue weighted by molar-refractivity contribution is 4.77. The average molecular weight is 192 g/mol. The molecule has 2 unspecified atom stereocenters. The third-order valence-electron chi connectivity index (χ3n) is 2.10. The zero-order chi connectivity index (χ0) is 10.4. The van der Waals surface area contributed by atoms with Crippen molar-refractivity contribution in [3.05, 3.63) is 0 Å². The van der Waals surface area contributed by atoms with E-state index in [1.165, 1.54) is 0 Å². The van der Waals surface area contributed by atoms with Gasteiger partial charge < -0.3 is 20.1 Å². The topological polar surface area (TPSA) is 69.9 Å². The van der Waals surface area contributed by atoms with Gasteiger partial charge in [0.05, 0.1) is 18.8 Å². The van der Waals surface area contributed by atoms with E-state index in [9.17, 15) is 5.11 Å². The Hall–Kier alpha value is -0.160. The molecule has 0 spiro atoms. The molecule has 1 heterocycles. The molecular weight excluding hydrogens is 172 g/mol. The Balaban J connectivity index is 0.000000671. The molecule has 0 aromatic heterocycles. The normalized spacial score (nSPS) is 39.2. The first-order chi connectivity index (χ1) is 6.15. The van der Waals surface area contributed by atoms with Crippen molar-refractivity contribution in [1.82, 2.24) is 0 Å². The molecule has 0 bridgehead atoms. The van der Waals surface area contributed by atoms with E-state index in [4.69, 9.17) is 14.9 Å². The van der Waals surface area contributed by atoms with Crippen molar-refractivity contribution >= 4 is 0 Å². The van der Waals surface area contributed by atoms with Gasteiger partial charge >= 0.3 is 0 Å². The molecule has 0 aromatic carbocycles. The number of hydrogen-bond donors (Lipinski definition) is 3. The van der Waals surface area contributed by atoms with Gasteiger partial charge in [-0.1, -0.05) is 20.8 Å². The Morgan fingerprint density at radius 3 is 2.23 bits per heavy atom. The summed E-state index contributed by atoms with van der Waals surface area (Å²) in [4.78, 5) is 0. The monoisotopic (exact) mass is 192 g/mol.